The lowest BCUT2D eigenvalue weighted by molar-refractivity contribution is 1.20. The van der Waals surface area contributed by atoms with Crippen molar-refractivity contribution in [2.75, 3.05) is 5.73 Å². The molecule has 2 rings (SSSR count). The van der Waals surface area contributed by atoms with E-state index in [4.69, 9.17) is 5.73 Å². The van der Waals surface area contributed by atoms with Crippen LogP contribution in [0.5, 0.6) is 0 Å². The van der Waals surface area contributed by atoms with E-state index in [0.717, 1.165) is 11.4 Å². The number of pyridine rings is 1. The molecule has 0 spiro atoms. The minimum absolute atomic E-state index is 0.807. The minimum atomic E-state index is 0.807. The number of hydrogen-bond donors (Lipinski definition) is 1. The summed E-state index contributed by atoms with van der Waals surface area (Å²) in [5, 5.41) is 0. The molecule has 0 fully saturated rings. The molecule has 0 atom stereocenters. The van der Waals surface area contributed by atoms with Crippen molar-refractivity contribution in [2.24, 2.45) is 0 Å². The average Bonchev–Trinajstić information content (AvgIpc) is 2.28. The van der Waals surface area contributed by atoms with Crippen molar-refractivity contribution in [3.05, 3.63) is 53.9 Å². The van der Waals surface area contributed by atoms with Gasteiger partial charge in [0.05, 0.1) is 0 Å². The van der Waals surface area contributed by atoms with E-state index in [1.807, 2.05) is 36.7 Å². The molecule has 0 saturated heterocycles. The highest BCUT2D eigenvalue weighted by molar-refractivity contribution is 7.98. The second kappa shape index (κ2) is 5.03. The normalized spacial score (nSPS) is 10.3. The zero-order valence-electron chi connectivity index (χ0n) is 9.18. The molecule has 3 heteroatoms. The molecule has 0 unspecified atom stereocenters. The van der Waals surface area contributed by atoms with Gasteiger partial charge in [0.2, 0.25) is 0 Å². The number of benzene rings is 1. The largest absolute Gasteiger partial charge is 0.399 e. The van der Waals surface area contributed by atoms with Gasteiger partial charge in [-0.1, -0.05) is 6.07 Å². The van der Waals surface area contributed by atoms with Crippen molar-refractivity contribution in [3.63, 3.8) is 0 Å². The molecule has 2 aromatic rings. The lowest BCUT2D eigenvalue weighted by atomic mass is 10.2. The molecule has 0 aliphatic heterocycles. The van der Waals surface area contributed by atoms with Crippen LogP contribution >= 0.6 is 11.8 Å². The van der Waals surface area contributed by atoms with Crippen LogP contribution in [0.15, 0.2) is 47.6 Å². The number of rotatable bonds is 3. The van der Waals surface area contributed by atoms with E-state index in [2.05, 4.69) is 18.0 Å². The summed E-state index contributed by atoms with van der Waals surface area (Å²) in [5.41, 5.74) is 8.90. The Morgan fingerprint density at radius 3 is 2.62 bits per heavy atom. The van der Waals surface area contributed by atoms with E-state index in [-0.39, 0.29) is 0 Å². The van der Waals surface area contributed by atoms with Crippen LogP contribution in [0, 0.1) is 6.92 Å². The number of nitrogens with zero attached hydrogens (tertiary/aromatic N) is 1. The Hall–Kier alpha value is -1.48. The SMILES string of the molecule is Cc1cncc(CSc2ccc(N)cc2)c1. The first-order valence-electron chi connectivity index (χ1n) is 5.13. The summed E-state index contributed by atoms with van der Waals surface area (Å²) in [4.78, 5) is 5.41. The molecule has 0 amide bonds. The third-order valence-electron chi connectivity index (χ3n) is 2.22. The zero-order chi connectivity index (χ0) is 11.4. The van der Waals surface area contributed by atoms with Crippen LogP contribution in [0.1, 0.15) is 11.1 Å². The highest BCUT2D eigenvalue weighted by atomic mass is 32.2. The standard InChI is InChI=1S/C13H14N2S/c1-10-6-11(8-15-7-10)9-16-13-4-2-12(14)3-5-13/h2-8H,9,14H2,1H3. The summed E-state index contributed by atoms with van der Waals surface area (Å²) >= 11 is 1.80. The summed E-state index contributed by atoms with van der Waals surface area (Å²) in [5.74, 6) is 0.943. The Bertz CT molecular complexity index is 466. The molecular weight excluding hydrogens is 216 g/mol. The van der Waals surface area contributed by atoms with E-state index in [9.17, 15) is 0 Å². The number of hydrogen-bond acceptors (Lipinski definition) is 3. The van der Waals surface area contributed by atoms with Crippen LogP contribution in [0.4, 0.5) is 5.69 Å². The van der Waals surface area contributed by atoms with Crippen molar-refractivity contribution < 1.29 is 0 Å². The zero-order valence-corrected chi connectivity index (χ0v) is 10.00. The van der Waals surface area contributed by atoms with E-state index in [1.165, 1.54) is 16.0 Å². The molecule has 82 valence electrons. The molecule has 16 heavy (non-hydrogen) atoms. The molecule has 0 radical (unpaired) electrons. The maximum absolute atomic E-state index is 5.63. The van der Waals surface area contributed by atoms with E-state index < -0.39 is 0 Å². The second-order valence-corrected chi connectivity index (χ2v) is 4.78. The summed E-state index contributed by atoms with van der Waals surface area (Å²) in [6.07, 6.45) is 3.79. The summed E-state index contributed by atoms with van der Waals surface area (Å²) in [6.45, 7) is 2.06. The van der Waals surface area contributed by atoms with Gasteiger partial charge >= 0.3 is 0 Å². The average molecular weight is 230 g/mol. The van der Waals surface area contributed by atoms with Crippen LogP contribution in [-0.2, 0) is 5.75 Å². The molecule has 2 nitrogen and oxygen atoms in total. The quantitative estimate of drug-likeness (QED) is 0.649. The Morgan fingerprint density at radius 2 is 1.94 bits per heavy atom. The van der Waals surface area contributed by atoms with Crippen molar-refractivity contribution >= 4 is 17.4 Å². The second-order valence-electron chi connectivity index (χ2n) is 3.73. The first-order chi connectivity index (χ1) is 7.74. The first-order valence-corrected chi connectivity index (χ1v) is 6.11. The van der Waals surface area contributed by atoms with Gasteiger partial charge in [-0.05, 0) is 42.3 Å². The fourth-order valence-corrected chi connectivity index (χ4v) is 2.25. The molecule has 0 aliphatic rings. The van der Waals surface area contributed by atoms with E-state index in [0.29, 0.717) is 0 Å². The van der Waals surface area contributed by atoms with Gasteiger partial charge in [0.1, 0.15) is 0 Å². The lowest BCUT2D eigenvalue weighted by Gasteiger charge is -2.03. The number of nitrogen functional groups attached to an aromatic ring is 1. The fraction of sp³-hybridized carbons (Fsp3) is 0.154. The van der Waals surface area contributed by atoms with Crippen molar-refractivity contribution in [3.8, 4) is 0 Å². The van der Waals surface area contributed by atoms with Crippen LogP contribution < -0.4 is 5.73 Å². The Labute approximate surface area is 99.9 Å². The van der Waals surface area contributed by atoms with Crippen molar-refractivity contribution in [1.29, 1.82) is 0 Å². The third kappa shape index (κ3) is 3.00. The predicted molar refractivity (Wildman–Crippen MR) is 69.4 cm³/mol. The topological polar surface area (TPSA) is 38.9 Å². The van der Waals surface area contributed by atoms with Gasteiger partial charge in [0.25, 0.3) is 0 Å². The van der Waals surface area contributed by atoms with Crippen LogP contribution in [0.3, 0.4) is 0 Å². The monoisotopic (exact) mass is 230 g/mol. The number of aryl methyl sites for hydroxylation is 1. The van der Waals surface area contributed by atoms with Crippen LogP contribution in [0.25, 0.3) is 0 Å². The maximum Gasteiger partial charge on any atom is 0.0314 e. The summed E-state index contributed by atoms with van der Waals surface area (Å²) < 4.78 is 0. The Kier molecular flexibility index (Phi) is 3.47. The summed E-state index contributed by atoms with van der Waals surface area (Å²) in [6, 6.07) is 10.1. The maximum atomic E-state index is 5.63. The van der Waals surface area contributed by atoms with E-state index >= 15 is 0 Å². The molecule has 0 saturated carbocycles. The van der Waals surface area contributed by atoms with Crippen LogP contribution in [-0.4, -0.2) is 4.98 Å². The molecule has 2 N–H and O–H groups in total. The highest BCUT2D eigenvalue weighted by Gasteiger charge is 1.97. The Balaban J connectivity index is 1.99. The van der Waals surface area contributed by atoms with Crippen LogP contribution in [0.2, 0.25) is 0 Å². The smallest absolute Gasteiger partial charge is 0.0314 e. The molecule has 1 aromatic carbocycles. The van der Waals surface area contributed by atoms with E-state index in [1.54, 1.807) is 11.8 Å². The highest BCUT2D eigenvalue weighted by Crippen LogP contribution is 2.23. The molecule has 0 aliphatic carbocycles. The lowest BCUT2D eigenvalue weighted by Crippen LogP contribution is -1.86. The molecule has 0 bridgehead atoms. The van der Waals surface area contributed by atoms with Gasteiger partial charge in [-0.2, -0.15) is 0 Å². The van der Waals surface area contributed by atoms with Crippen molar-refractivity contribution in [1.82, 2.24) is 4.98 Å². The van der Waals surface area contributed by atoms with Gasteiger partial charge in [-0.25, -0.2) is 0 Å². The molecule has 1 aromatic heterocycles. The van der Waals surface area contributed by atoms with Crippen molar-refractivity contribution in [2.45, 2.75) is 17.6 Å². The third-order valence-corrected chi connectivity index (χ3v) is 3.30. The van der Waals surface area contributed by atoms with Gasteiger partial charge in [-0.3, -0.25) is 4.98 Å². The van der Waals surface area contributed by atoms with Gasteiger partial charge < -0.3 is 5.73 Å². The first kappa shape index (κ1) is 11.0. The number of aromatic nitrogens is 1. The molecule has 1 heterocycles. The fourth-order valence-electron chi connectivity index (χ4n) is 1.43. The van der Waals surface area contributed by atoms with Gasteiger partial charge in [-0.15, -0.1) is 11.8 Å². The number of nitrogens with two attached hydrogens (primary N) is 1. The van der Waals surface area contributed by atoms with Gasteiger partial charge in [0.15, 0.2) is 0 Å². The number of thioether (sulfide) groups is 1. The number of anilines is 1. The Morgan fingerprint density at radius 1 is 1.19 bits per heavy atom. The minimum Gasteiger partial charge on any atom is -0.399 e. The molecular formula is C13H14N2S. The van der Waals surface area contributed by atoms with Gasteiger partial charge in [0, 0.05) is 28.7 Å². The predicted octanol–water partition coefficient (Wildman–Crippen LogP) is 3.26. The summed E-state index contributed by atoms with van der Waals surface area (Å²) in [7, 11) is 0.